The number of fused-ring (bicyclic) bond motifs is 1. The zero-order valence-electron chi connectivity index (χ0n) is 16.8. The molecule has 2 aromatic rings. The molecule has 2 heterocycles. The van der Waals surface area contributed by atoms with Crippen molar-refractivity contribution in [1.29, 1.82) is 0 Å². The fourth-order valence-electron chi connectivity index (χ4n) is 3.86. The van der Waals surface area contributed by atoms with Gasteiger partial charge >= 0.3 is 5.97 Å². The largest absolute Gasteiger partial charge is 0.462 e. The summed E-state index contributed by atoms with van der Waals surface area (Å²) in [7, 11) is 0. The van der Waals surface area contributed by atoms with E-state index in [-0.39, 0.29) is 30.7 Å². The van der Waals surface area contributed by atoms with Crippen LogP contribution in [0.5, 0.6) is 0 Å². The highest BCUT2D eigenvalue weighted by atomic mass is 32.1. The Morgan fingerprint density at radius 2 is 2.11 bits per heavy atom. The van der Waals surface area contributed by atoms with Crippen LogP contribution in [0.2, 0.25) is 0 Å². The molecule has 1 aliphatic rings. The molecule has 3 rings (SSSR count). The summed E-state index contributed by atoms with van der Waals surface area (Å²) in [6.07, 6.45) is 4.64. The van der Waals surface area contributed by atoms with Crippen molar-refractivity contribution in [1.82, 2.24) is 14.9 Å². The van der Waals surface area contributed by atoms with Gasteiger partial charge in [0.2, 0.25) is 5.91 Å². The van der Waals surface area contributed by atoms with E-state index < -0.39 is 5.97 Å². The average molecular weight is 406 g/mol. The van der Waals surface area contributed by atoms with Gasteiger partial charge < -0.3 is 10.1 Å². The van der Waals surface area contributed by atoms with E-state index in [0.29, 0.717) is 32.5 Å². The number of hydrogen-bond donors (Lipinski definition) is 1. The van der Waals surface area contributed by atoms with Gasteiger partial charge in [0.15, 0.2) is 0 Å². The van der Waals surface area contributed by atoms with E-state index >= 15 is 0 Å². The van der Waals surface area contributed by atoms with Crippen molar-refractivity contribution in [2.24, 2.45) is 11.8 Å². The van der Waals surface area contributed by atoms with Gasteiger partial charge in [0, 0.05) is 6.04 Å². The number of ether oxygens (including phenoxy) is 1. The lowest BCUT2D eigenvalue weighted by atomic mass is 9.78. The smallest absolute Gasteiger partial charge is 0.348 e. The number of amides is 1. The normalized spacial score (nSPS) is 22.2. The van der Waals surface area contributed by atoms with Crippen LogP contribution >= 0.6 is 11.3 Å². The monoisotopic (exact) mass is 405 g/mol. The maximum Gasteiger partial charge on any atom is 0.348 e. The quantitative estimate of drug-likeness (QED) is 0.773. The minimum Gasteiger partial charge on any atom is -0.462 e. The molecule has 0 saturated heterocycles. The lowest BCUT2D eigenvalue weighted by Gasteiger charge is -2.34. The van der Waals surface area contributed by atoms with Crippen LogP contribution in [0.25, 0.3) is 10.2 Å². The van der Waals surface area contributed by atoms with E-state index in [2.05, 4.69) is 24.1 Å². The predicted octanol–water partition coefficient (Wildman–Crippen LogP) is 2.88. The zero-order chi connectivity index (χ0) is 20.4. The van der Waals surface area contributed by atoms with Gasteiger partial charge in [0.05, 0.1) is 18.3 Å². The first kappa shape index (κ1) is 20.5. The van der Waals surface area contributed by atoms with E-state index in [0.717, 1.165) is 24.2 Å². The molecule has 0 aliphatic heterocycles. The van der Waals surface area contributed by atoms with Gasteiger partial charge in [-0.25, -0.2) is 9.78 Å². The number of aryl methyl sites for hydroxylation is 1. The number of nitrogens with one attached hydrogen (secondary N) is 1. The molecule has 1 amide bonds. The number of carbonyl (C=O) groups excluding carboxylic acids is 2. The van der Waals surface area contributed by atoms with E-state index in [1.54, 1.807) is 13.8 Å². The molecule has 0 spiro atoms. The molecule has 0 aromatic carbocycles. The molecule has 8 heteroatoms. The van der Waals surface area contributed by atoms with Crippen molar-refractivity contribution in [2.75, 3.05) is 6.61 Å². The summed E-state index contributed by atoms with van der Waals surface area (Å²) in [5.74, 6) is 0.357. The summed E-state index contributed by atoms with van der Waals surface area (Å²) in [6.45, 7) is 8.01. The third kappa shape index (κ3) is 3.97. The number of esters is 1. The highest BCUT2D eigenvalue weighted by Gasteiger charge is 2.28. The molecule has 3 atom stereocenters. The molecule has 152 valence electrons. The summed E-state index contributed by atoms with van der Waals surface area (Å²) in [5, 5.41) is 3.46. The van der Waals surface area contributed by atoms with Crippen LogP contribution in [0, 0.1) is 18.8 Å². The van der Waals surface area contributed by atoms with E-state index in [1.807, 2.05) is 0 Å². The molecule has 0 unspecified atom stereocenters. The lowest BCUT2D eigenvalue weighted by molar-refractivity contribution is -0.123. The second-order valence-electron chi connectivity index (χ2n) is 7.58. The van der Waals surface area contributed by atoms with Gasteiger partial charge in [-0.1, -0.05) is 26.7 Å². The second-order valence-corrected chi connectivity index (χ2v) is 8.57. The number of thiophene rings is 1. The van der Waals surface area contributed by atoms with E-state index in [9.17, 15) is 14.4 Å². The SMILES string of the molecule is CCOC(=O)c1sc2ncn(CC(=O)N[C@@H]3CCC[C@@H](C)[C@@H]3C)c(=O)c2c1C. The number of carbonyl (C=O) groups is 2. The van der Waals surface area contributed by atoms with Crippen LogP contribution in [0.15, 0.2) is 11.1 Å². The first-order valence-corrected chi connectivity index (χ1v) is 10.6. The van der Waals surface area contributed by atoms with Gasteiger partial charge in [0.1, 0.15) is 16.3 Å². The molecular formula is C20H27N3O4S. The second kappa shape index (κ2) is 8.43. The first-order chi connectivity index (χ1) is 13.3. The summed E-state index contributed by atoms with van der Waals surface area (Å²) in [4.78, 5) is 42.6. The summed E-state index contributed by atoms with van der Waals surface area (Å²) in [5.41, 5.74) is 0.245. The molecule has 0 bridgehead atoms. The standard InChI is InChI=1S/C20H27N3O4S/c1-5-27-20(26)17-13(4)16-18(28-17)21-10-23(19(16)25)9-15(24)22-14-8-6-7-11(2)12(14)3/h10-12,14H,5-9H2,1-4H3,(H,22,24)/t11-,12+,14-/m1/s1. The number of aromatic nitrogens is 2. The topological polar surface area (TPSA) is 90.3 Å². The van der Waals surface area contributed by atoms with Crippen molar-refractivity contribution >= 4 is 33.4 Å². The van der Waals surface area contributed by atoms with Crippen molar-refractivity contribution < 1.29 is 14.3 Å². The van der Waals surface area contributed by atoms with Crippen LogP contribution in [-0.2, 0) is 16.1 Å². The Balaban J connectivity index is 1.81. The highest BCUT2D eigenvalue weighted by molar-refractivity contribution is 7.20. The molecule has 7 nitrogen and oxygen atoms in total. The molecular weight excluding hydrogens is 378 g/mol. The first-order valence-electron chi connectivity index (χ1n) is 9.78. The minimum absolute atomic E-state index is 0.0800. The van der Waals surface area contributed by atoms with E-state index in [4.69, 9.17) is 4.74 Å². The molecule has 0 radical (unpaired) electrons. The summed E-state index contributed by atoms with van der Waals surface area (Å²) < 4.78 is 6.36. The van der Waals surface area contributed by atoms with Gasteiger partial charge in [0.25, 0.3) is 5.56 Å². The third-order valence-corrected chi connectivity index (χ3v) is 6.93. The molecule has 1 N–H and O–H groups in total. The van der Waals surface area contributed by atoms with Gasteiger partial charge in [-0.05, 0) is 37.7 Å². The molecule has 28 heavy (non-hydrogen) atoms. The van der Waals surface area contributed by atoms with Crippen LogP contribution in [-0.4, -0.2) is 34.1 Å². The zero-order valence-corrected chi connectivity index (χ0v) is 17.6. The fourth-order valence-corrected chi connectivity index (χ4v) is 4.89. The van der Waals surface area contributed by atoms with Crippen LogP contribution in [0.1, 0.15) is 55.3 Å². The Morgan fingerprint density at radius 3 is 2.82 bits per heavy atom. The molecule has 2 aromatic heterocycles. The Labute approximate surface area is 168 Å². The minimum atomic E-state index is -0.452. The summed E-state index contributed by atoms with van der Waals surface area (Å²) >= 11 is 1.14. The number of nitrogens with zero attached hydrogens (tertiary/aromatic N) is 2. The number of hydrogen-bond acceptors (Lipinski definition) is 6. The molecule has 1 saturated carbocycles. The highest BCUT2D eigenvalue weighted by Crippen LogP contribution is 2.29. The average Bonchev–Trinajstić information content (AvgIpc) is 2.99. The lowest BCUT2D eigenvalue weighted by Crippen LogP contribution is -2.45. The Hall–Kier alpha value is -2.22. The fraction of sp³-hybridized carbons (Fsp3) is 0.600. The van der Waals surface area contributed by atoms with Crippen molar-refractivity contribution in [3.05, 3.63) is 27.1 Å². The van der Waals surface area contributed by atoms with Crippen molar-refractivity contribution in [3.8, 4) is 0 Å². The maximum absolute atomic E-state index is 12.9. The van der Waals surface area contributed by atoms with Crippen LogP contribution < -0.4 is 10.9 Å². The maximum atomic E-state index is 12.9. The Morgan fingerprint density at radius 1 is 1.36 bits per heavy atom. The Kier molecular flexibility index (Phi) is 6.17. The van der Waals surface area contributed by atoms with Crippen molar-refractivity contribution in [2.45, 2.75) is 59.5 Å². The predicted molar refractivity (Wildman–Crippen MR) is 109 cm³/mol. The molecule has 1 fully saturated rings. The third-order valence-electron chi connectivity index (χ3n) is 5.75. The van der Waals surface area contributed by atoms with Gasteiger partial charge in [-0.15, -0.1) is 11.3 Å². The molecule has 1 aliphatic carbocycles. The van der Waals surface area contributed by atoms with Crippen LogP contribution in [0.3, 0.4) is 0 Å². The van der Waals surface area contributed by atoms with Crippen LogP contribution in [0.4, 0.5) is 0 Å². The number of rotatable bonds is 5. The van der Waals surface area contributed by atoms with Gasteiger partial charge in [-0.3, -0.25) is 14.2 Å². The van der Waals surface area contributed by atoms with E-state index in [1.165, 1.54) is 17.3 Å². The van der Waals surface area contributed by atoms with Crippen molar-refractivity contribution in [3.63, 3.8) is 0 Å². The van der Waals surface area contributed by atoms with Gasteiger partial charge in [-0.2, -0.15) is 0 Å². The Bertz CT molecular complexity index is 949. The summed E-state index contributed by atoms with van der Waals surface area (Å²) in [6, 6.07) is 0.141.